The van der Waals surface area contributed by atoms with Crippen LogP contribution >= 0.6 is 0 Å². The number of nitrogens with zero attached hydrogens (tertiary/aromatic N) is 3. The number of pyridine rings is 1. The van der Waals surface area contributed by atoms with Crippen molar-refractivity contribution in [3.05, 3.63) is 65.0 Å². The summed E-state index contributed by atoms with van der Waals surface area (Å²) in [4.78, 5) is 21.3. The number of amides is 1. The van der Waals surface area contributed by atoms with Crippen molar-refractivity contribution in [2.24, 2.45) is 0 Å². The molecule has 1 aromatic heterocycles. The molecule has 0 saturated carbocycles. The number of carbonyl (C=O) groups excluding carboxylic acids is 1. The molecule has 4 heteroatoms. The summed E-state index contributed by atoms with van der Waals surface area (Å²) >= 11 is 0. The second-order valence-electron chi connectivity index (χ2n) is 6.59. The number of hydrogen-bond acceptors (Lipinski definition) is 3. The van der Waals surface area contributed by atoms with E-state index in [9.17, 15) is 4.79 Å². The molecule has 126 valence electrons. The van der Waals surface area contributed by atoms with Crippen LogP contribution < -0.4 is 0 Å². The summed E-state index contributed by atoms with van der Waals surface area (Å²) in [6.45, 7) is 9.67. The van der Waals surface area contributed by atoms with Crippen molar-refractivity contribution < 1.29 is 4.79 Å². The van der Waals surface area contributed by atoms with Crippen molar-refractivity contribution in [1.82, 2.24) is 14.8 Å². The Morgan fingerprint density at radius 3 is 2.46 bits per heavy atom. The third-order valence-corrected chi connectivity index (χ3v) is 5.07. The van der Waals surface area contributed by atoms with Crippen LogP contribution in [0.4, 0.5) is 0 Å². The summed E-state index contributed by atoms with van der Waals surface area (Å²) in [5.41, 5.74) is 4.42. The molecule has 1 aromatic carbocycles. The van der Waals surface area contributed by atoms with Crippen LogP contribution in [0.2, 0.25) is 0 Å². The molecule has 0 aliphatic carbocycles. The molecule has 2 aromatic rings. The van der Waals surface area contributed by atoms with E-state index in [1.165, 1.54) is 16.7 Å². The molecular weight excluding hydrogens is 298 g/mol. The van der Waals surface area contributed by atoms with E-state index < -0.39 is 0 Å². The number of carbonyl (C=O) groups is 1. The zero-order valence-corrected chi connectivity index (χ0v) is 14.7. The molecule has 1 atom stereocenters. The Hall–Kier alpha value is -2.20. The maximum atomic E-state index is 12.7. The molecule has 0 N–H and O–H groups in total. The third-order valence-electron chi connectivity index (χ3n) is 5.07. The van der Waals surface area contributed by atoms with Crippen LogP contribution in [0.15, 0.2) is 42.7 Å². The lowest BCUT2D eigenvalue weighted by atomic mass is 10.0. The van der Waals surface area contributed by atoms with Crippen LogP contribution in [-0.2, 0) is 0 Å². The lowest BCUT2D eigenvalue weighted by Gasteiger charge is -2.38. The first-order chi connectivity index (χ1) is 11.6. The monoisotopic (exact) mass is 323 g/mol. The maximum Gasteiger partial charge on any atom is 0.253 e. The molecule has 2 heterocycles. The number of hydrogen-bond donors (Lipinski definition) is 0. The Morgan fingerprint density at radius 1 is 1.08 bits per heavy atom. The first-order valence-corrected chi connectivity index (χ1v) is 8.57. The Morgan fingerprint density at radius 2 is 1.83 bits per heavy atom. The van der Waals surface area contributed by atoms with E-state index in [0.29, 0.717) is 6.04 Å². The van der Waals surface area contributed by atoms with Gasteiger partial charge in [-0.1, -0.05) is 12.1 Å². The molecule has 0 bridgehead atoms. The lowest BCUT2D eigenvalue weighted by molar-refractivity contribution is 0.0582. The van der Waals surface area contributed by atoms with Crippen LogP contribution in [0.3, 0.4) is 0 Å². The second-order valence-corrected chi connectivity index (χ2v) is 6.59. The predicted molar refractivity (Wildman–Crippen MR) is 96.0 cm³/mol. The van der Waals surface area contributed by atoms with E-state index in [1.807, 2.05) is 35.4 Å². The molecule has 0 radical (unpaired) electrons. The van der Waals surface area contributed by atoms with Crippen LogP contribution in [0.1, 0.15) is 40.0 Å². The van der Waals surface area contributed by atoms with Gasteiger partial charge in [-0.05, 0) is 55.7 Å². The van der Waals surface area contributed by atoms with Crippen molar-refractivity contribution in [2.45, 2.75) is 26.8 Å². The van der Waals surface area contributed by atoms with Gasteiger partial charge in [-0.25, -0.2) is 0 Å². The quantitative estimate of drug-likeness (QED) is 0.870. The Bertz CT molecular complexity index is 706. The van der Waals surface area contributed by atoms with Gasteiger partial charge in [0, 0.05) is 50.2 Å². The van der Waals surface area contributed by atoms with Gasteiger partial charge in [0.25, 0.3) is 5.91 Å². The van der Waals surface area contributed by atoms with Crippen LogP contribution in [0.25, 0.3) is 0 Å². The molecule has 1 aliphatic rings. The molecular formula is C20H25N3O. The predicted octanol–water partition coefficient (Wildman–Crippen LogP) is 3.22. The number of rotatable bonds is 3. The lowest BCUT2D eigenvalue weighted by Crippen LogP contribution is -2.49. The summed E-state index contributed by atoms with van der Waals surface area (Å²) in [6, 6.07) is 10.4. The van der Waals surface area contributed by atoms with Gasteiger partial charge < -0.3 is 4.90 Å². The van der Waals surface area contributed by atoms with Crippen molar-refractivity contribution in [3.63, 3.8) is 0 Å². The number of piperazine rings is 1. The molecule has 4 nitrogen and oxygen atoms in total. The van der Waals surface area contributed by atoms with E-state index in [2.05, 4.69) is 36.7 Å². The fraction of sp³-hybridized carbons (Fsp3) is 0.400. The van der Waals surface area contributed by atoms with Crippen molar-refractivity contribution in [1.29, 1.82) is 0 Å². The molecule has 1 amide bonds. The topological polar surface area (TPSA) is 36.4 Å². The fourth-order valence-electron chi connectivity index (χ4n) is 3.20. The highest BCUT2D eigenvalue weighted by atomic mass is 16.2. The highest BCUT2D eigenvalue weighted by Gasteiger charge is 2.25. The van der Waals surface area contributed by atoms with Crippen molar-refractivity contribution in [3.8, 4) is 0 Å². The van der Waals surface area contributed by atoms with Crippen molar-refractivity contribution in [2.75, 3.05) is 26.2 Å². The SMILES string of the molecule is Cc1ccc(C(=O)N2CCN([C@@H](C)c3cccnc3)CC2)cc1C. The van der Waals surface area contributed by atoms with Gasteiger partial charge in [-0.15, -0.1) is 0 Å². The van der Waals surface area contributed by atoms with Gasteiger partial charge in [-0.3, -0.25) is 14.7 Å². The number of aryl methyl sites for hydroxylation is 2. The van der Waals surface area contributed by atoms with E-state index in [0.717, 1.165) is 31.7 Å². The van der Waals surface area contributed by atoms with Gasteiger partial charge in [0.2, 0.25) is 0 Å². The van der Waals surface area contributed by atoms with Gasteiger partial charge in [0.1, 0.15) is 0 Å². The fourth-order valence-corrected chi connectivity index (χ4v) is 3.20. The van der Waals surface area contributed by atoms with Crippen LogP contribution in [0.5, 0.6) is 0 Å². The van der Waals surface area contributed by atoms with E-state index in [1.54, 1.807) is 6.20 Å². The molecule has 0 spiro atoms. The summed E-state index contributed by atoms with van der Waals surface area (Å²) in [6.07, 6.45) is 3.73. The standard InChI is InChI=1S/C20H25N3O/c1-15-6-7-18(13-16(15)2)20(24)23-11-9-22(10-12-23)17(3)19-5-4-8-21-14-19/h4-8,13-14,17H,9-12H2,1-3H3/t17-/m0/s1. The second kappa shape index (κ2) is 7.14. The normalized spacial score (nSPS) is 16.9. The maximum absolute atomic E-state index is 12.7. The summed E-state index contributed by atoms with van der Waals surface area (Å²) in [7, 11) is 0. The Balaban J connectivity index is 1.62. The average molecular weight is 323 g/mol. The van der Waals surface area contributed by atoms with Gasteiger partial charge in [0.05, 0.1) is 0 Å². The molecule has 24 heavy (non-hydrogen) atoms. The summed E-state index contributed by atoms with van der Waals surface area (Å²) in [5, 5.41) is 0. The molecule has 3 rings (SSSR count). The van der Waals surface area contributed by atoms with Crippen LogP contribution in [0, 0.1) is 13.8 Å². The third kappa shape index (κ3) is 3.49. The highest BCUT2D eigenvalue weighted by Crippen LogP contribution is 2.21. The zero-order valence-electron chi connectivity index (χ0n) is 14.7. The molecule has 0 unspecified atom stereocenters. The smallest absolute Gasteiger partial charge is 0.253 e. The van der Waals surface area contributed by atoms with Gasteiger partial charge in [-0.2, -0.15) is 0 Å². The minimum atomic E-state index is 0.145. The average Bonchev–Trinajstić information content (AvgIpc) is 2.63. The first-order valence-electron chi connectivity index (χ1n) is 8.57. The molecule has 1 fully saturated rings. The first kappa shape index (κ1) is 16.7. The van der Waals surface area contributed by atoms with Gasteiger partial charge >= 0.3 is 0 Å². The van der Waals surface area contributed by atoms with E-state index >= 15 is 0 Å². The van der Waals surface area contributed by atoms with Crippen molar-refractivity contribution >= 4 is 5.91 Å². The minimum absolute atomic E-state index is 0.145. The molecule has 1 saturated heterocycles. The highest BCUT2D eigenvalue weighted by molar-refractivity contribution is 5.94. The van der Waals surface area contributed by atoms with E-state index in [4.69, 9.17) is 0 Å². The zero-order chi connectivity index (χ0) is 17.1. The Labute approximate surface area is 144 Å². The number of benzene rings is 1. The number of aromatic nitrogens is 1. The Kier molecular flexibility index (Phi) is 4.95. The van der Waals surface area contributed by atoms with E-state index in [-0.39, 0.29) is 5.91 Å². The van der Waals surface area contributed by atoms with Gasteiger partial charge in [0.15, 0.2) is 0 Å². The van der Waals surface area contributed by atoms with Crippen LogP contribution in [-0.4, -0.2) is 46.9 Å². The minimum Gasteiger partial charge on any atom is -0.336 e. The summed E-state index contributed by atoms with van der Waals surface area (Å²) < 4.78 is 0. The largest absolute Gasteiger partial charge is 0.336 e. The molecule has 1 aliphatic heterocycles. The summed E-state index contributed by atoms with van der Waals surface area (Å²) in [5.74, 6) is 0.145.